The van der Waals surface area contributed by atoms with E-state index in [9.17, 15) is 13.6 Å². The molecule has 2 aromatic rings. The molecule has 0 aliphatic heterocycles. The molecule has 0 saturated heterocycles. The normalized spacial score (nSPS) is 12.5. The molecule has 0 heterocycles. The predicted octanol–water partition coefficient (Wildman–Crippen LogP) is 4.26. The van der Waals surface area contributed by atoms with E-state index >= 15 is 0 Å². The van der Waals surface area contributed by atoms with Gasteiger partial charge < -0.3 is 14.4 Å². The summed E-state index contributed by atoms with van der Waals surface area (Å²) in [6, 6.07) is 12.9. The van der Waals surface area contributed by atoms with Crippen LogP contribution in [0.1, 0.15) is 36.1 Å². The van der Waals surface area contributed by atoms with Crippen LogP contribution in [0.3, 0.4) is 0 Å². The summed E-state index contributed by atoms with van der Waals surface area (Å²) in [6.45, 7) is 2.52. The van der Waals surface area contributed by atoms with Crippen LogP contribution in [0.4, 0.5) is 8.78 Å². The lowest BCUT2D eigenvalue weighted by Crippen LogP contribution is -2.19. The molecular weight excluding hydrogens is 382 g/mol. The zero-order valence-corrected chi connectivity index (χ0v) is 16.6. The number of halogens is 2. The minimum Gasteiger partial charge on any atom is -0.464 e. The third kappa shape index (κ3) is 5.84. The van der Waals surface area contributed by atoms with Gasteiger partial charge in [0.1, 0.15) is 13.7 Å². The summed E-state index contributed by atoms with van der Waals surface area (Å²) in [6.07, 6.45) is 0. The number of oxime groups is 2. The first-order chi connectivity index (χ1) is 13.8. The standard InChI is InChI=1S/C21H22F2N2O4/c1-14(15-9-7-10-17(12-15)21(2,22)23)24-29-13-16-8-5-6-11-18(16)19(25-28-4)20(26)27-3/h5-12H,13H2,1-4H3/b24-14+,25-19+. The van der Waals surface area contributed by atoms with E-state index in [-0.39, 0.29) is 17.9 Å². The van der Waals surface area contributed by atoms with Crippen molar-refractivity contribution in [2.45, 2.75) is 26.4 Å². The molecule has 29 heavy (non-hydrogen) atoms. The summed E-state index contributed by atoms with van der Waals surface area (Å²) in [5.41, 5.74) is 1.95. The maximum Gasteiger partial charge on any atom is 0.360 e. The van der Waals surface area contributed by atoms with Crippen molar-refractivity contribution < 1.29 is 28.0 Å². The van der Waals surface area contributed by atoms with Gasteiger partial charge in [0.2, 0.25) is 0 Å². The van der Waals surface area contributed by atoms with Gasteiger partial charge in [-0.2, -0.15) is 0 Å². The van der Waals surface area contributed by atoms with Crippen LogP contribution in [0.15, 0.2) is 58.8 Å². The van der Waals surface area contributed by atoms with E-state index in [0.717, 1.165) is 6.92 Å². The first-order valence-corrected chi connectivity index (χ1v) is 8.71. The van der Waals surface area contributed by atoms with Gasteiger partial charge in [-0.3, -0.25) is 0 Å². The Bertz CT molecular complexity index is 921. The second-order valence-corrected chi connectivity index (χ2v) is 6.19. The van der Waals surface area contributed by atoms with Gasteiger partial charge >= 0.3 is 5.97 Å². The van der Waals surface area contributed by atoms with E-state index in [1.165, 1.54) is 26.4 Å². The van der Waals surface area contributed by atoms with Crippen molar-refractivity contribution in [3.63, 3.8) is 0 Å². The molecule has 0 fully saturated rings. The third-order valence-corrected chi connectivity index (χ3v) is 4.04. The third-order valence-electron chi connectivity index (χ3n) is 4.04. The highest BCUT2D eigenvalue weighted by Gasteiger charge is 2.24. The van der Waals surface area contributed by atoms with E-state index < -0.39 is 11.9 Å². The van der Waals surface area contributed by atoms with Crippen molar-refractivity contribution in [2.75, 3.05) is 14.2 Å². The average Bonchev–Trinajstić information content (AvgIpc) is 2.71. The quantitative estimate of drug-likeness (QED) is 0.374. The highest BCUT2D eigenvalue weighted by atomic mass is 19.3. The van der Waals surface area contributed by atoms with Gasteiger partial charge in [0.25, 0.3) is 5.92 Å². The molecule has 2 aromatic carbocycles. The molecule has 0 saturated carbocycles. The Morgan fingerprint density at radius 3 is 2.45 bits per heavy atom. The number of carbonyl (C=O) groups excluding carboxylic acids is 1. The Balaban J connectivity index is 2.21. The SMILES string of the molecule is CO/N=C(/C(=O)OC)c1ccccc1CO/N=C(\C)c1cccc(C(C)(F)F)c1. The van der Waals surface area contributed by atoms with Crippen LogP contribution >= 0.6 is 0 Å². The van der Waals surface area contributed by atoms with Crippen molar-refractivity contribution in [3.8, 4) is 0 Å². The number of hydrogen-bond acceptors (Lipinski definition) is 6. The Labute approximate surface area is 167 Å². The Morgan fingerprint density at radius 2 is 1.79 bits per heavy atom. The lowest BCUT2D eigenvalue weighted by Gasteiger charge is -2.12. The van der Waals surface area contributed by atoms with Gasteiger partial charge in [0.05, 0.1) is 12.8 Å². The smallest absolute Gasteiger partial charge is 0.360 e. The van der Waals surface area contributed by atoms with Crippen LogP contribution in [-0.2, 0) is 31.7 Å². The van der Waals surface area contributed by atoms with Crippen molar-refractivity contribution >= 4 is 17.4 Å². The summed E-state index contributed by atoms with van der Waals surface area (Å²) < 4.78 is 31.8. The lowest BCUT2D eigenvalue weighted by atomic mass is 10.0. The molecule has 0 radical (unpaired) electrons. The molecule has 0 aliphatic carbocycles. The fraction of sp³-hybridized carbons (Fsp3) is 0.286. The second-order valence-electron chi connectivity index (χ2n) is 6.19. The molecular formula is C21H22F2N2O4. The Hall–Kier alpha value is -3.29. The molecule has 0 amide bonds. The molecule has 8 heteroatoms. The van der Waals surface area contributed by atoms with Crippen molar-refractivity contribution in [1.82, 2.24) is 0 Å². The number of alkyl halides is 2. The van der Waals surface area contributed by atoms with Crippen molar-refractivity contribution in [1.29, 1.82) is 0 Å². The maximum atomic E-state index is 13.5. The van der Waals surface area contributed by atoms with Gasteiger partial charge in [-0.05, 0) is 18.6 Å². The number of methoxy groups -OCH3 is 1. The molecule has 0 bridgehead atoms. The number of hydrogen-bond donors (Lipinski definition) is 0. The minimum absolute atomic E-state index is 0.00669. The van der Waals surface area contributed by atoms with Gasteiger partial charge in [0.15, 0.2) is 5.71 Å². The lowest BCUT2D eigenvalue weighted by molar-refractivity contribution is -0.132. The first kappa shape index (κ1) is 22.0. The second kappa shape index (κ2) is 9.77. The van der Waals surface area contributed by atoms with E-state index in [1.54, 1.807) is 43.3 Å². The summed E-state index contributed by atoms with van der Waals surface area (Å²) in [5.74, 6) is -3.60. The average molecular weight is 404 g/mol. The van der Waals surface area contributed by atoms with E-state index in [1.807, 2.05) is 0 Å². The van der Waals surface area contributed by atoms with Gasteiger partial charge in [0, 0.05) is 23.6 Å². The van der Waals surface area contributed by atoms with Crippen molar-refractivity contribution in [2.24, 2.45) is 10.3 Å². The summed E-state index contributed by atoms with van der Waals surface area (Å²) in [7, 11) is 2.57. The number of nitrogens with zero attached hydrogens (tertiary/aromatic N) is 2. The maximum absolute atomic E-state index is 13.5. The Kier molecular flexibility index (Phi) is 7.41. The highest BCUT2D eigenvalue weighted by molar-refractivity contribution is 6.43. The van der Waals surface area contributed by atoms with Crippen LogP contribution in [-0.4, -0.2) is 31.6 Å². The summed E-state index contributed by atoms with van der Waals surface area (Å²) in [4.78, 5) is 22.1. The molecule has 6 nitrogen and oxygen atoms in total. The van der Waals surface area contributed by atoms with Gasteiger partial charge in [-0.25, -0.2) is 13.6 Å². The van der Waals surface area contributed by atoms with E-state index in [0.29, 0.717) is 22.4 Å². The molecule has 154 valence electrons. The molecule has 0 unspecified atom stereocenters. The number of esters is 1. The van der Waals surface area contributed by atoms with Crippen LogP contribution in [0, 0.1) is 0 Å². The largest absolute Gasteiger partial charge is 0.464 e. The van der Waals surface area contributed by atoms with Gasteiger partial charge in [-0.15, -0.1) is 0 Å². The zero-order chi connectivity index (χ0) is 21.4. The molecule has 0 aliphatic rings. The molecule has 2 rings (SSSR count). The predicted molar refractivity (Wildman–Crippen MR) is 105 cm³/mol. The van der Waals surface area contributed by atoms with Crippen LogP contribution < -0.4 is 0 Å². The topological polar surface area (TPSA) is 69.5 Å². The van der Waals surface area contributed by atoms with Gasteiger partial charge in [-0.1, -0.05) is 52.8 Å². The highest BCUT2D eigenvalue weighted by Crippen LogP contribution is 2.27. The van der Waals surface area contributed by atoms with E-state index in [2.05, 4.69) is 10.3 Å². The van der Waals surface area contributed by atoms with Crippen LogP contribution in [0.5, 0.6) is 0 Å². The number of ether oxygens (including phenoxy) is 1. The van der Waals surface area contributed by atoms with Crippen LogP contribution in [0.2, 0.25) is 0 Å². The van der Waals surface area contributed by atoms with E-state index in [4.69, 9.17) is 14.4 Å². The first-order valence-electron chi connectivity index (χ1n) is 8.71. The fourth-order valence-electron chi connectivity index (χ4n) is 2.53. The molecule has 0 atom stereocenters. The summed E-state index contributed by atoms with van der Waals surface area (Å²) in [5, 5.41) is 7.74. The summed E-state index contributed by atoms with van der Waals surface area (Å²) >= 11 is 0. The minimum atomic E-state index is -2.94. The number of benzene rings is 2. The zero-order valence-electron chi connectivity index (χ0n) is 16.6. The Morgan fingerprint density at radius 1 is 1.07 bits per heavy atom. The van der Waals surface area contributed by atoms with Crippen molar-refractivity contribution in [3.05, 3.63) is 70.8 Å². The fourth-order valence-corrected chi connectivity index (χ4v) is 2.53. The molecule has 0 spiro atoms. The number of rotatable bonds is 8. The molecule has 0 aromatic heterocycles. The molecule has 0 N–H and O–H groups in total. The number of carbonyl (C=O) groups is 1. The van der Waals surface area contributed by atoms with Crippen LogP contribution in [0.25, 0.3) is 0 Å². The monoisotopic (exact) mass is 404 g/mol.